The molecule has 0 bridgehead atoms. The van der Waals surface area contributed by atoms with Gasteiger partial charge in [0.05, 0.1) is 5.69 Å². The van der Waals surface area contributed by atoms with Gasteiger partial charge < -0.3 is 11.1 Å². The maximum atomic E-state index is 5.65. The highest BCUT2D eigenvalue weighted by Crippen LogP contribution is 2.07. The van der Waals surface area contributed by atoms with Crippen LogP contribution in [0.25, 0.3) is 0 Å². The number of hydrogen-bond donors (Lipinski definition) is 2. The molecule has 2 rings (SSSR count). The summed E-state index contributed by atoms with van der Waals surface area (Å²) in [5.41, 5.74) is 7.44. The molecular weight excluding hydrogens is 202 g/mol. The Hall–Kier alpha value is -2.04. The van der Waals surface area contributed by atoms with Gasteiger partial charge in [-0.2, -0.15) is 5.10 Å². The highest BCUT2D eigenvalue weighted by atomic mass is 15.2. The second-order valence-electron chi connectivity index (χ2n) is 3.63. The van der Waals surface area contributed by atoms with Gasteiger partial charge in [0.25, 0.3) is 0 Å². The zero-order valence-electron chi connectivity index (χ0n) is 9.22. The first-order chi connectivity index (χ1) is 7.74. The van der Waals surface area contributed by atoms with Crippen LogP contribution in [0.3, 0.4) is 0 Å². The lowest BCUT2D eigenvalue weighted by atomic mass is 10.3. The zero-order valence-corrected chi connectivity index (χ0v) is 9.22. The van der Waals surface area contributed by atoms with Crippen LogP contribution in [0, 0.1) is 0 Å². The number of nitrogen functional groups attached to an aromatic ring is 1. The van der Waals surface area contributed by atoms with E-state index in [4.69, 9.17) is 5.73 Å². The minimum atomic E-state index is 0.718. The van der Waals surface area contributed by atoms with Gasteiger partial charge in [-0.05, 0) is 12.1 Å². The third-order valence-corrected chi connectivity index (χ3v) is 2.24. The number of pyridine rings is 1. The number of hydrogen-bond acceptors (Lipinski definition) is 4. The highest BCUT2D eigenvalue weighted by Gasteiger charge is 1.97. The van der Waals surface area contributed by atoms with Crippen molar-refractivity contribution >= 4 is 11.5 Å². The maximum Gasteiger partial charge on any atom is 0.127 e. The van der Waals surface area contributed by atoms with E-state index in [1.165, 1.54) is 0 Å². The molecule has 0 radical (unpaired) electrons. The van der Waals surface area contributed by atoms with E-state index in [1.54, 1.807) is 16.9 Å². The van der Waals surface area contributed by atoms with Crippen LogP contribution in [0.4, 0.5) is 11.5 Å². The van der Waals surface area contributed by atoms with Crippen molar-refractivity contribution in [2.45, 2.75) is 6.42 Å². The Balaban J connectivity index is 1.84. The van der Waals surface area contributed by atoms with Gasteiger partial charge in [-0.1, -0.05) is 0 Å². The van der Waals surface area contributed by atoms with Gasteiger partial charge in [0.2, 0.25) is 0 Å². The predicted molar refractivity (Wildman–Crippen MR) is 64.1 cm³/mol. The number of anilines is 2. The fourth-order valence-corrected chi connectivity index (χ4v) is 1.46. The molecule has 0 fully saturated rings. The smallest absolute Gasteiger partial charge is 0.127 e. The Bertz CT molecular complexity index is 463. The summed E-state index contributed by atoms with van der Waals surface area (Å²) < 4.78 is 1.80. The lowest BCUT2D eigenvalue weighted by molar-refractivity contribution is 0.742. The van der Waals surface area contributed by atoms with Gasteiger partial charge in [-0.15, -0.1) is 0 Å². The Morgan fingerprint density at radius 2 is 2.31 bits per heavy atom. The molecule has 16 heavy (non-hydrogen) atoms. The first-order valence-electron chi connectivity index (χ1n) is 5.18. The number of nitrogens with two attached hydrogens (primary N) is 1. The lowest BCUT2D eigenvalue weighted by Gasteiger charge is -2.04. The van der Waals surface area contributed by atoms with Crippen molar-refractivity contribution in [1.29, 1.82) is 0 Å². The van der Waals surface area contributed by atoms with Crippen LogP contribution in [0.2, 0.25) is 0 Å². The quantitative estimate of drug-likeness (QED) is 0.803. The van der Waals surface area contributed by atoms with Crippen LogP contribution in [-0.2, 0) is 13.5 Å². The van der Waals surface area contributed by atoms with Crippen molar-refractivity contribution in [2.75, 3.05) is 17.6 Å². The number of aryl methyl sites for hydroxylation is 1. The summed E-state index contributed by atoms with van der Waals surface area (Å²) in [7, 11) is 1.91. The average Bonchev–Trinajstić information content (AvgIpc) is 2.64. The van der Waals surface area contributed by atoms with E-state index in [0.29, 0.717) is 0 Å². The normalized spacial score (nSPS) is 10.3. The monoisotopic (exact) mass is 217 g/mol. The molecule has 0 unspecified atom stereocenters. The fraction of sp³-hybridized carbons (Fsp3) is 0.273. The molecule has 5 heteroatoms. The Morgan fingerprint density at radius 1 is 1.44 bits per heavy atom. The van der Waals surface area contributed by atoms with Gasteiger partial charge >= 0.3 is 0 Å². The Labute approximate surface area is 94.3 Å². The molecular formula is C11H15N5. The molecule has 84 valence electrons. The molecule has 0 saturated carbocycles. The van der Waals surface area contributed by atoms with Crippen molar-refractivity contribution < 1.29 is 0 Å². The van der Waals surface area contributed by atoms with E-state index in [-0.39, 0.29) is 0 Å². The minimum absolute atomic E-state index is 0.718. The highest BCUT2D eigenvalue weighted by molar-refractivity contribution is 5.48. The van der Waals surface area contributed by atoms with Crippen molar-refractivity contribution in [3.05, 3.63) is 36.3 Å². The van der Waals surface area contributed by atoms with E-state index in [1.807, 2.05) is 25.4 Å². The zero-order chi connectivity index (χ0) is 11.4. The molecule has 2 aromatic heterocycles. The standard InChI is InChI=1S/C11H15N5/c1-16-7-4-10(15-16)3-6-14-11-8-9(12)2-5-13-11/h2,4-5,7-8H,3,6H2,1H3,(H3,12,13,14). The topological polar surface area (TPSA) is 68.8 Å². The number of nitrogens with one attached hydrogen (secondary N) is 1. The summed E-state index contributed by atoms with van der Waals surface area (Å²) in [4.78, 5) is 4.16. The average molecular weight is 217 g/mol. The molecule has 0 amide bonds. The minimum Gasteiger partial charge on any atom is -0.399 e. The van der Waals surface area contributed by atoms with Crippen LogP contribution < -0.4 is 11.1 Å². The van der Waals surface area contributed by atoms with Crippen LogP contribution in [-0.4, -0.2) is 21.3 Å². The van der Waals surface area contributed by atoms with Gasteiger partial charge in [0.15, 0.2) is 0 Å². The molecule has 0 aliphatic rings. The van der Waals surface area contributed by atoms with E-state index in [0.717, 1.165) is 30.2 Å². The number of aromatic nitrogens is 3. The molecule has 5 nitrogen and oxygen atoms in total. The molecule has 0 spiro atoms. The second kappa shape index (κ2) is 4.65. The van der Waals surface area contributed by atoms with E-state index in [2.05, 4.69) is 15.4 Å². The SMILES string of the molecule is Cn1ccc(CCNc2cc(N)ccn2)n1. The van der Waals surface area contributed by atoms with Gasteiger partial charge in [-0.3, -0.25) is 4.68 Å². The molecule has 0 aliphatic heterocycles. The van der Waals surface area contributed by atoms with Crippen molar-refractivity contribution in [3.63, 3.8) is 0 Å². The van der Waals surface area contributed by atoms with Crippen LogP contribution in [0.1, 0.15) is 5.69 Å². The van der Waals surface area contributed by atoms with Crippen molar-refractivity contribution in [1.82, 2.24) is 14.8 Å². The first-order valence-corrected chi connectivity index (χ1v) is 5.18. The molecule has 0 saturated heterocycles. The maximum absolute atomic E-state index is 5.65. The van der Waals surface area contributed by atoms with Crippen LogP contribution in [0.5, 0.6) is 0 Å². The molecule has 0 aromatic carbocycles. The first kappa shape index (κ1) is 10.5. The summed E-state index contributed by atoms with van der Waals surface area (Å²) in [5.74, 6) is 0.802. The van der Waals surface area contributed by atoms with E-state index < -0.39 is 0 Å². The van der Waals surface area contributed by atoms with Gasteiger partial charge in [-0.25, -0.2) is 4.98 Å². The molecule has 0 atom stereocenters. The second-order valence-corrected chi connectivity index (χ2v) is 3.63. The largest absolute Gasteiger partial charge is 0.399 e. The summed E-state index contributed by atoms with van der Waals surface area (Å²) >= 11 is 0. The Morgan fingerprint density at radius 3 is 3.00 bits per heavy atom. The number of nitrogens with zero attached hydrogens (tertiary/aromatic N) is 3. The van der Waals surface area contributed by atoms with Crippen molar-refractivity contribution in [3.8, 4) is 0 Å². The van der Waals surface area contributed by atoms with Gasteiger partial charge in [0.1, 0.15) is 5.82 Å². The molecule has 2 heterocycles. The lowest BCUT2D eigenvalue weighted by Crippen LogP contribution is -2.07. The molecule has 2 aromatic rings. The van der Waals surface area contributed by atoms with E-state index >= 15 is 0 Å². The third kappa shape index (κ3) is 2.73. The predicted octanol–water partition coefficient (Wildman–Crippen LogP) is 1.05. The van der Waals surface area contributed by atoms with Crippen LogP contribution in [0.15, 0.2) is 30.6 Å². The fourth-order valence-electron chi connectivity index (χ4n) is 1.46. The van der Waals surface area contributed by atoms with Gasteiger partial charge in [0, 0.05) is 44.2 Å². The van der Waals surface area contributed by atoms with Crippen molar-refractivity contribution in [2.24, 2.45) is 7.05 Å². The molecule has 0 aliphatic carbocycles. The Kier molecular flexibility index (Phi) is 3.05. The third-order valence-electron chi connectivity index (χ3n) is 2.24. The molecule has 3 N–H and O–H groups in total. The summed E-state index contributed by atoms with van der Waals surface area (Å²) in [6.07, 6.45) is 4.50. The van der Waals surface area contributed by atoms with E-state index in [9.17, 15) is 0 Å². The summed E-state index contributed by atoms with van der Waals surface area (Å²) in [5, 5.41) is 7.49. The van der Waals surface area contributed by atoms with Crippen LogP contribution >= 0.6 is 0 Å². The summed E-state index contributed by atoms with van der Waals surface area (Å²) in [6, 6.07) is 5.59. The number of rotatable bonds is 4. The summed E-state index contributed by atoms with van der Waals surface area (Å²) in [6.45, 7) is 0.799.